The van der Waals surface area contributed by atoms with Crippen LogP contribution in [0.4, 0.5) is 11.4 Å². The molecule has 0 aliphatic heterocycles. The summed E-state index contributed by atoms with van der Waals surface area (Å²) in [7, 11) is -1.21. The van der Waals surface area contributed by atoms with Gasteiger partial charge in [-0.15, -0.1) is 0 Å². The Labute approximate surface area is 195 Å². The van der Waals surface area contributed by atoms with Gasteiger partial charge in [0, 0.05) is 0 Å². The second-order valence-electron chi connectivity index (χ2n) is 7.75. The summed E-state index contributed by atoms with van der Waals surface area (Å²) in [6.07, 6.45) is 0. The van der Waals surface area contributed by atoms with Gasteiger partial charge in [0.2, 0.25) is 5.91 Å². The van der Waals surface area contributed by atoms with Crippen LogP contribution in [0.15, 0.2) is 65.6 Å². The standard InChI is InChI=1S/C25H28N2O5S/c1-17-6-10-20(11-7-17)27(33(29,30)24-15-19(3)9-13-23(24)32-5)16-25(28)26-21-14-18(2)8-12-22(21)31-4/h6-15H,16H2,1-5H3,(H,26,28). The van der Waals surface area contributed by atoms with E-state index in [1.807, 2.05) is 19.9 Å². The lowest BCUT2D eigenvalue weighted by Crippen LogP contribution is -2.38. The molecule has 0 aromatic heterocycles. The van der Waals surface area contributed by atoms with Crippen molar-refractivity contribution in [1.29, 1.82) is 0 Å². The molecule has 3 rings (SSSR count). The van der Waals surface area contributed by atoms with Crippen molar-refractivity contribution in [2.45, 2.75) is 25.7 Å². The number of aryl methyl sites for hydroxylation is 3. The van der Waals surface area contributed by atoms with Crippen LogP contribution in [0.3, 0.4) is 0 Å². The Morgan fingerprint density at radius 1 is 0.818 bits per heavy atom. The Balaban J connectivity index is 2.03. The topological polar surface area (TPSA) is 84.9 Å². The number of hydrogen-bond acceptors (Lipinski definition) is 5. The molecular formula is C25H28N2O5S. The van der Waals surface area contributed by atoms with Crippen molar-refractivity contribution in [1.82, 2.24) is 0 Å². The molecule has 0 atom stereocenters. The molecule has 1 amide bonds. The molecule has 33 heavy (non-hydrogen) atoms. The molecule has 0 spiro atoms. The molecule has 0 radical (unpaired) electrons. The number of methoxy groups -OCH3 is 2. The third-order valence-electron chi connectivity index (χ3n) is 5.13. The fraction of sp³-hybridized carbons (Fsp3) is 0.240. The zero-order valence-corrected chi connectivity index (χ0v) is 20.2. The average Bonchev–Trinajstić information content (AvgIpc) is 2.78. The molecule has 7 nitrogen and oxygen atoms in total. The van der Waals surface area contributed by atoms with Crippen molar-refractivity contribution in [3.8, 4) is 11.5 Å². The van der Waals surface area contributed by atoms with Crippen LogP contribution in [-0.2, 0) is 14.8 Å². The van der Waals surface area contributed by atoms with E-state index in [-0.39, 0.29) is 10.6 Å². The Bertz CT molecular complexity index is 1250. The molecule has 0 bridgehead atoms. The molecule has 0 aliphatic rings. The Morgan fingerprint density at radius 2 is 1.36 bits per heavy atom. The number of carbonyl (C=O) groups is 1. The highest BCUT2D eigenvalue weighted by atomic mass is 32.2. The van der Waals surface area contributed by atoms with Crippen molar-refractivity contribution >= 4 is 27.3 Å². The van der Waals surface area contributed by atoms with Crippen LogP contribution in [0.2, 0.25) is 0 Å². The maximum atomic E-state index is 13.8. The van der Waals surface area contributed by atoms with Gasteiger partial charge in [-0.2, -0.15) is 0 Å². The van der Waals surface area contributed by atoms with E-state index >= 15 is 0 Å². The van der Waals surface area contributed by atoms with Crippen LogP contribution in [0.25, 0.3) is 0 Å². The van der Waals surface area contributed by atoms with Crippen molar-refractivity contribution in [3.63, 3.8) is 0 Å². The summed E-state index contributed by atoms with van der Waals surface area (Å²) in [5, 5.41) is 2.78. The minimum absolute atomic E-state index is 0.00786. The SMILES string of the molecule is COc1ccc(C)cc1NC(=O)CN(c1ccc(C)cc1)S(=O)(=O)c1cc(C)ccc1OC. The van der Waals surface area contributed by atoms with Gasteiger partial charge in [-0.25, -0.2) is 8.42 Å². The first kappa shape index (κ1) is 24.1. The highest BCUT2D eigenvalue weighted by Crippen LogP contribution is 2.31. The first-order valence-corrected chi connectivity index (χ1v) is 11.8. The first-order valence-electron chi connectivity index (χ1n) is 10.3. The van der Waals surface area contributed by atoms with Crippen LogP contribution in [0, 0.1) is 20.8 Å². The number of hydrogen-bond donors (Lipinski definition) is 1. The molecule has 0 fully saturated rings. The second kappa shape index (κ2) is 9.95. The van der Waals surface area contributed by atoms with Crippen LogP contribution < -0.4 is 19.1 Å². The van der Waals surface area contributed by atoms with Gasteiger partial charge >= 0.3 is 0 Å². The van der Waals surface area contributed by atoms with Gasteiger partial charge in [-0.1, -0.05) is 29.8 Å². The second-order valence-corrected chi connectivity index (χ2v) is 9.58. The zero-order valence-electron chi connectivity index (χ0n) is 19.4. The number of nitrogens with one attached hydrogen (secondary N) is 1. The summed E-state index contributed by atoms with van der Waals surface area (Å²) < 4.78 is 39.2. The van der Waals surface area contributed by atoms with E-state index in [9.17, 15) is 13.2 Å². The van der Waals surface area contributed by atoms with Crippen molar-refractivity contribution in [2.75, 3.05) is 30.4 Å². The smallest absolute Gasteiger partial charge is 0.268 e. The average molecular weight is 469 g/mol. The number of benzene rings is 3. The number of anilines is 2. The van der Waals surface area contributed by atoms with E-state index in [0.29, 0.717) is 17.1 Å². The summed E-state index contributed by atoms with van der Waals surface area (Å²) in [5.74, 6) is 0.187. The first-order chi connectivity index (χ1) is 15.6. The fourth-order valence-corrected chi connectivity index (χ4v) is 5.03. The summed E-state index contributed by atoms with van der Waals surface area (Å²) in [6.45, 7) is 5.16. The van der Waals surface area contributed by atoms with Gasteiger partial charge in [-0.3, -0.25) is 9.10 Å². The molecular weight excluding hydrogens is 440 g/mol. The minimum atomic E-state index is -4.13. The third kappa shape index (κ3) is 5.46. The fourth-order valence-electron chi connectivity index (χ4n) is 3.37. The predicted molar refractivity (Wildman–Crippen MR) is 130 cm³/mol. The molecule has 0 unspecified atom stereocenters. The summed E-state index contributed by atoms with van der Waals surface area (Å²) in [4.78, 5) is 13.0. The molecule has 1 N–H and O–H groups in total. The van der Waals surface area contributed by atoms with Crippen LogP contribution in [0.1, 0.15) is 16.7 Å². The van der Waals surface area contributed by atoms with E-state index in [2.05, 4.69) is 5.32 Å². The van der Waals surface area contributed by atoms with Gasteiger partial charge in [0.1, 0.15) is 22.9 Å². The zero-order chi connectivity index (χ0) is 24.2. The normalized spacial score (nSPS) is 11.1. The maximum Gasteiger partial charge on any atom is 0.268 e. The highest BCUT2D eigenvalue weighted by Gasteiger charge is 2.30. The number of amides is 1. The molecule has 0 aliphatic carbocycles. The lowest BCUT2D eigenvalue weighted by atomic mass is 10.2. The summed E-state index contributed by atoms with van der Waals surface area (Å²) in [6, 6.07) is 17.2. The molecule has 8 heteroatoms. The third-order valence-corrected chi connectivity index (χ3v) is 6.92. The molecule has 0 heterocycles. The highest BCUT2D eigenvalue weighted by molar-refractivity contribution is 7.93. The lowest BCUT2D eigenvalue weighted by Gasteiger charge is -2.25. The quantitative estimate of drug-likeness (QED) is 0.528. The van der Waals surface area contributed by atoms with E-state index in [1.165, 1.54) is 20.3 Å². The Kier molecular flexibility index (Phi) is 7.28. The number of carbonyl (C=O) groups excluding carboxylic acids is 1. The Morgan fingerprint density at radius 3 is 1.97 bits per heavy atom. The van der Waals surface area contributed by atoms with Gasteiger partial charge in [-0.05, 0) is 68.3 Å². The van der Waals surface area contributed by atoms with Crippen LogP contribution >= 0.6 is 0 Å². The summed E-state index contributed by atoms with van der Waals surface area (Å²) >= 11 is 0. The predicted octanol–water partition coefficient (Wildman–Crippen LogP) is 4.46. The van der Waals surface area contributed by atoms with E-state index in [4.69, 9.17) is 9.47 Å². The number of nitrogens with zero attached hydrogens (tertiary/aromatic N) is 1. The largest absolute Gasteiger partial charge is 0.495 e. The van der Waals surface area contributed by atoms with Crippen molar-refractivity contribution in [2.24, 2.45) is 0 Å². The monoisotopic (exact) mass is 468 g/mol. The minimum Gasteiger partial charge on any atom is -0.495 e. The van der Waals surface area contributed by atoms with Gasteiger partial charge < -0.3 is 14.8 Å². The van der Waals surface area contributed by atoms with Gasteiger partial charge in [0.15, 0.2) is 0 Å². The van der Waals surface area contributed by atoms with E-state index in [1.54, 1.807) is 55.5 Å². The van der Waals surface area contributed by atoms with E-state index < -0.39 is 22.5 Å². The van der Waals surface area contributed by atoms with Crippen molar-refractivity contribution < 1.29 is 22.7 Å². The van der Waals surface area contributed by atoms with Crippen molar-refractivity contribution in [3.05, 3.63) is 77.4 Å². The number of rotatable bonds is 8. The summed E-state index contributed by atoms with van der Waals surface area (Å²) in [5.41, 5.74) is 3.50. The lowest BCUT2D eigenvalue weighted by molar-refractivity contribution is -0.114. The van der Waals surface area contributed by atoms with Crippen LogP contribution in [-0.4, -0.2) is 35.1 Å². The van der Waals surface area contributed by atoms with E-state index in [0.717, 1.165) is 21.0 Å². The Hall–Kier alpha value is -3.52. The molecule has 3 aromatic rings. The molecule has 3 aromatic carbocycles. The van der Waals surface area contributed by atoms with Gasteiger partial charge in [0.05, 0.1) is 25.6 Å². The molecule has 174 valence electrons. The van der Waals surface area contributed by atoms with Gasteiger partial charge in [0.25, 0.3) is 10.0 Å². The molecule has 0 saturated carbocycles. The number of sulfonamides is 1. The number of ether oxygens (including phenoxy) is 2. The molecule has 0 saturated heterocycles. The maximum absolute atomic E-state index is 13.8. The van der Waals surface area contributed by atoms with Crippen LogP contribution in [0.5, 0.6) is 11.5 Å².